The molecule has 112 valence electrons. The van der Waals surface area contributed by atoms with Crippen molar-refractivity contribution in [1.29, 1.82) is 0 Å². The van der Waals surface area contributed by atoms with Gasteiger partial charge < -0.3 is 9.73 Å². The van der Waals surface area contributed by atoms with Crippen molar-refractivity contribution in [2.45, 2.75) is 13.5 Å². The van der Waals surface area contributed by atoms with E-state index >= 15 is 0 Å². The Labute approximate surface area is 136 Å². The van der Waals surface area contributed by atoms with Gasteiger partial charge in [0.15, 0.2) is 0 Å². The third kappa shape index (κ3) is 3.18. The zero-order chi connectivity index (χ0) is 15.5. The topological polar surface area (TPSA) is 68.0 Å². The molecule has 0 saturated heterocycles. The smallest absolute Gasteiger partial charge is 0.265 e. The van der Waals surface area contributed by atoms with Crippen LogP contribution < -0.4 is 5.32 Å². The van der Waals surface area contributed by atoms with Gasteiger partial charge in [0.2, 0.25) is 0 Å². The minimum absolute atomic E-state index is 0.197. The number of nitrogens with one attached hydrogen (secondary N) is 1. The summed E-state index contributed by atoms with van der Waals surface area (Å²) in [6.07, 6.45) is 0. The number of aryl methyl sites for hydroxylation is 1. The van der Waals surface area contributed by atoms with Gasteiger partial charge in [-0.1, -0.05) is 16.1 Å². The average molecular weight is 334 g/mol. The second kappa shape index (κ2) is 6.29. The number of hydrogen-bond donors (Lipinski definition) is 1. The molecular weight excluding hydrogens is 322 g/mol. The fourth-order valence-electron chi connectivity index (χ4n) is 1.93. The molecule has 0 atom stereocenters. The van der Waals surface area contributed by atoms with E-state index in [1.165, 1.54) is 0 Å². The Morgan fingerprint density at radius 2 is 2.05 bits per heavy atom. The van der Waals surface area contributed by atoms with E-state index in [0.29, 0.717) is 27.9 Å². The number of rotatable bonds is 4. The summed E-state index contributed by atoms with van der Waals surface area (Å²) in [6.45, 7) is 2.06. The third-order valence-corrected chi connectivity index (χ3v) is 4.15. The van der Waals surface area contributed by atoms with Crippen LogP contribution in [-0.4, -0.2) is 15.5 Å². The number of amides is 1. The highest BCUT2D eigenvalue weighted by Gasteiger charge is 2.13. The lowest BCUT2D eigenvalue weighted by Crippen LogP contribution is -2.22. The second-order valence-electron chi connectivity index (χ2n) is 4.64. The summed E-state index contributed by atoms with van der Waals surface area (Å²) in [4.78, 5) is 12.5. The van der Waals surface area contributed by atoms with Gasteiger partial charge in [0, 0.05) is 10.6 Å². The molecule has 0 fully saturated rings. The fraction of sp³-hybridized carbons (Fsp3) is 0.133. The number of hydrogen-bond acceptors (Lipinski definition) is 5. The zero-order valence-electron chi connectivity index (χ0n) is 11.7. The monoisotopic (exact) mass is 333 g/mol. The summed E-state index contributed by atoms with van der Waals surface area (Å²) in [5.74, 6) is 1.21. The minimum Gasteiger partial charge on any atom is -0.459 e. The molecule has 7 heteroatoms. The number of carbonyl (C=O) groups is 1. The molecule has 5 nitrogen and oxygen atoms in total. The highest BCUT2D eigenvalue weighted by molar-refractivity contribution is 7.07. The maximum Gasteiger partial charge on any atom is 0.265 e. The second-order valence-corrected chi connectivity index (χ2v) is 5.83. The predicted octanol–water partition coefficient (Wildman–Crippen LogP) is 3.69. The van der Waals surface area contributed by atoms with Crippen LogP contribution in [0.2, 0.25) is 5.02 Å². The van der Waals surface area contributed by atoms with Crippen LogP contribution in [0.3, 0.4) is 0 Å². The van der Waals surface area contributed by atoms with Crippen molar-refractivity contribution in [2.24, 2.45) is 0 Å². The van der Waals surface area contributed by atoms with Crippen LogP contribution in [0.1, 0.15) is 21.1 Å². The Morgan fingerprint density at radius 3 is 2.73 bits per heavy atom. The first kappa shape index (κ1) is 14.7. The van der Waals surface area contributed by atoms with Gasteiger partial charge in [0.25, 0.3) is 5.91 Å². The van der Waals surface area contributed by atoms with Crippen molar-refractivity contribution in [1.82, 2.24) is 14.9 Å². The summed E-state index contributed by atoms with van der Waals surface area (Å²) in [6, 6.07) is 11.1. The SMILES string of the molecule is Cc1nnsc1C(=O)NCc1ccc(-c2ccc(Cl)cc2)o1. The quantitative estimate of drug-likeness (QED) is 0.790. The van der Waals surface area contributed by atoms with Gasteiger partial charge >= 0.3 is 0 Å². The number of benzene rings is 1. The van der Waals surface area contributed by atoms with Crippen LogP contribution in [-0.2, 0) is 6.54 Å². The summed E-state index contributed by atoms with van der Waals surface area (Å²) in [5, 5.41) is 7.29. The molecule has 3 rings (SSSR count). The number of carbonyl (C=O) groups excluding carboxylic acids is 1. The molecule has 2 aromatic heterocycles. The van der Waals surface area contributed by atoms with E-state index in [-0.39, 0.29) is 5.91 Å². The first-order valence-electron chi connectivity index (χ1n) is 6.55. The van der Waals surface area contributed by atoms with Gasteiger partial charge in [0.1, 0.15) is 16.4 Å². The Morgan fingerprint density at radius 1 is 1.27 bits per heavy atom. The lowest BCUT2D eigenvalue weighted by atomic mass is 10.2. The van der Waals surface area contributed by atoms with E-state index in [2.05, 4.69) is 14.9 Å². The lowest BCUT2D eigenvalue weighted by molar-refractivity contribution is 0.0951. The maximum atomic E-state index is 12.0. The third-order valence-electron chi connectivity index (χ3n) is 3.07. The first-order chi connectivity index (χ1) is 10.6. The Kier molecular flexibility index (Phi) is 4.22. The molecule has 0 spiro atoms. The van der Waals surface area contributed by atoms with Gasteiger partial charge in [-0.3, -0.25) is 4.79 Å². The first-order valence-corrected chi connectivity index (χ1v) is 7.70. The van der Waals surface area contributed by atoms with Crippen LogP contribution in [0.25, 0.3) is 11.3 Å². The van der Waals surface area contributed by atoms with Crippen LogP contribution in [0.5, 0.6) is 0 Å². The van der Waals surface area contributed by atoms with Crippen LogP contribution in [0.4, 0.5) is 0 Å². The molecule has 0 radical (unpaired) electrons. The fourth-order valence-corrected chi connectivity index (χ4v) is 2.63. The largest absolute Gasteiger partial charge is 0.459 e. The summed E-state index contributed by atoms with van der Waals surface area (Å²) < 4.78 is 9.47. The minimum atomic E-state index is -0.197. The van der Waals surface area contributed by atoms with Gasteiger partial charge in [-0.05, 0) is 54.9 Å². The molecule has 0 aliphatic carbocycles. The molecule has 0 bridgehead atoms. The van der Waals surface area contributed by atoms with Crippen LogP contribution >= 0.6 is 23.1 Å². The van der Waals surface area contributed by atoms with Crippen LogP contribution in [0, 0.1) is 6.92 Å². The van der Waals surface area contributed by atoms with Crippen molar-refractivity contribution >= 4 is 29.0 Å². The van der Waals surface area contributed by atoms with E-state index in [1.54, 1.807) is 19.1 Å². The summed E-state index contributed by atoms with van der Waals surface area (Å²) in [5.41, 5.74) is 1.56. The van der Waals surface area contributed by atoms with Crippen molar-refractivity contribution < 1.29 is 9.21 Å². The average Bonchev–Trinajstić information content (AvgIpc) is 3.14. The standard InChI is InChI=1S/C15H12ClN3O2S/c1-9-14(22-19-18-9)15(20)17-8-12-6-7-13(21-12)10-2-4-11(16)5-3-10/h2-7H,8H2,1H3,(H,17,20). The van der Waals surface area contributed by atoms with Gasteiger partial charge in [-0.25, -0.2) is 0 Å². The maximum absolute atomic E-state index is 12.0. The lowest BCUT2D eigenvalue weighted by Gasteiger charge is -2.01. The van der Waals surface area contributed by atoms with E-state index in [0.717, 1.165) is 22.9 Å². The molecule has 0 aliphatic heterocycles. The molecule has 1 N–H and O–H groups in total. The molecule has 1 amide bonds. The molecule has 1 aromatic carbocycles. The van der Waals surface area contributed by atoms with E-state index < -0.39 is 0 Å². The number of aromatic nitrogens is 2. The van der Waals surface area contributed by atoms with Crippen molar-refractivity contribution in [3.63, 3.8) is 0 Å². The highest BCUT2D eigenvalue weighted by Crippen LogP contribution is 2.23. The number of halogens is 1. The van der Waals surface area contributed by atoms with Crippen molar-refractivity contribution in [2.75, 3.05) is 0 Å². The Hall–Kier alpha value is -2.18. The summed E-state index contributed by atoms with van der Waals surface area (Å²) >= 11 is 6.94. The molecule has 3 aromatic rings. The normalized spacial score (nSPS) is 10.6. The van der Waals surface area contributed by atoms with Gasteiger partial charge in [0.05, 0.1) is 12.2 Å². The van der Waals surface area contributed by atoms with E-state index in [4.69, 9.17) is 16.0 Å². The molecule has 0 aliphatic rings. The van der Waals surface area contributed by atoms with Crippen molar-refractivity contribution in [3.8, 4) is 11.3 Å². The van der Waals surface area contributed by atoms with Gasteiger partial charge in [-0.2, -0.15) is 0 Å². The van der Waals surface area contributed by atoms with Crippen LogP contribution in [0.15, 0.2) is 40.8 Å². The molecule has 0 saturated carbocycles. The number of nitrogens with zero attached hydrogens (tertiary/aromatic N) is 2. The molecular formula is C15H12ClN3O2S. The molecule has 22 heavy (non-hydrogen) atoms. The Bertz CT molecular complexity index is 795. The zero-order valence-corrected chi connectivity index (χ0v) is 13.2. The van der Waals surface area contributed by atoms with E-state index in [1.807, 2.05) is 24.3 Å². The van der Waals surface area contributed by atoms with Gasteiger partial charge in [-0.15, -0.1) is 5.10 Å². The van der Waals surface area contributed by atoms with Crippen molar-refractivity contribution in [3.05, 3.63) is 57.8 Å². The summed E-state index contributed by atoms with van der Waals surface area (Å²) in [7, 11) is 0. The molecule has 2 heterocycles. The molecule has 0 unspecified atom stereocenters. The predicted molar refractivity (Wildman–Crippen MR) is 85.0 cm³/mol. The highest BCUT2D eigenvalue weighted by atomic mass is 35.5. The number of furan rings is 1. The van der Waals surface area contributed by atoms with E-state index in [9.17, 15) is 4.79 Å². The Balaban J connectivity index is 1.66.